The average Bonchev–Trinajstić information content (AvgIpc) is 3.26. The molecule has 1 N–H and O–H groups in total. The highest BCUT2D eigenvalue weighted by atomic mass is 16.7. The van der Waals surface area contributed by atoms with Crippen molar-refractivity contribution in [3.63, 3.8) is 0 Å². The number of ether oxygens (including phenoxy) is 2. The van der Waals surface area contributed by atoms with Crippen molar-refractivity contribution < 1.29 is 28.7 Å². The van der Waals surface area contributed by atoms with Crippen LogP contribution in [0.2, 0.25) is 0 Å². The summed E-state index contributed by atoms with van der Waals surface area (Å²) in [5.41, 5.74) is 1.62. The van der Waals surface area contributed by atoms with Crippen molar-refractivity contribution in [3.8, 4) is 11.5 Å². The molecule has 0 aliphatic carbocycles. The maximum absolute atomic E-state index is 12.9. The number of imide groups is 1. The third kappa shape index (κ3) is 3.59. The lowest BCUT2D eigenvalue weighted by atomic mass is 9.94. The molecule has 0 unspecified atom stereocenters. The number of amides is 3. The number of ketones is 1. The fourth-order valence-electron chi connectivity index (χ4n) is 4.23. The summed E-state index contributed by atoms with van der Waals surface area (Å²) in [5.74, 6) is -0.376. The highest BCUT2D eigenvalue weighted by Crippen LogP contribution is 2.37. The van der Waals surface area contributed by atoms with Gasteiger partial charge in [-0.2, -0.15) is 0 Å². The van der Waals surface area contributed by atoms with Crippen LogP contribution in [0.25, 0.3) is 10.8 Å². The SMILES string of the molecule is CC(=O)c1cc2c(cc1NC(=O)CCCN1C(=O)c3cccc4cccc(c34)C1=O)OCO2. The molecule has 0 saturated carbocycles. The lowest BCUT2D eigenvalue weighted by molar-refractivity contribution is -0.116. The molecule has 2 aliphatic heterocycles. The molecule has 3 aromatic rings. The second kappa shape index (κ2) is 8.05. The molecular weight excluding hydrogens is 424 g/mol. The number of hydrogen-bond donors (Lipinski definition) is 1. The number of benzene rings is 3. The maximum atomic E-state index is 12.9. The van der Waals surface area contributed by atoms with Crippen molar-refractivity contribution >= 4 is 40.0 Å². The zero-order valence-corrected chi connectivity index (χ0v) is 17.8. The zero-order valence-electron chi connectivity index (χ0n) is 17.8. The van der Waals surface area contributed by atoms with Crippen LogP contribution in [0.5, 0.6) is 11.5 Å². The van der Waals surface area contributed by atoms with Crippen LogP contribution in [-0.4, -0.2) is 41.7 Å². The smallest absolute Gasteiger partial charge is 0.261 e. The molecule has 0 bridgehead atoms. The van der Waals surface area contributed by atoms with Gasteiger partial charge in [0.05, 0.1) is 5.69 Å². The Labute approximate surface area is 189 Å². The van der Waals surface area contributed by atoms with E-state index in [2.05, 4.69) is 5.32 Å². The molecule has 2 heterocycles. The summed E-state index contributed by atoms with van der Waals surface area (Å²) < 4.78 is 10.6. The Morgan fingerprint density at radius 2 is 1.61 bits per heavy atom. The second-order valence-corrected chi connectivity index (χ2v) is 7.93. The number of rotatable bonds is 6. The molecule has 0 aromatic heterocycles. The first-order valence-corrected chi connectivity index (χ1v) is 10.6. The molecule has 2 aliphatic rings. The quantitative estimate of drug-likeness (QED) is 0.459. The molecule has 0 saturated heterocycles. The van der Waals surface area contributed by atoms with E-state index in [1.54, 1.807) is 36.4 Å². The van der Waals surface area contributed by atoms with Crippen molar-refractivity contribution in [1.82, 2.24) is 4.90 Å². The van der Waals surface area contributed by atoms with Gasteiger partial charge in [-0.15, -0.1) is 0 Å². The van der Waals surface area contributed by atoms with Crippen LogP contribution in [0.15, 0.2) is 48.5 Å². The predicted octanol–water partition coefficient (Wildman–Crippen LogP) is 3.79. The fraction of sp³-hybridized carbons (Fsp3) is 0.200. The summed E-state index contributed by atoms with van der Waals surface area (Å²) in [6.07, 6.45) is 0.343. The molecule has 0 fully saturated rings. The summed E-state index contributed by atoms with van der Waals surface area (Å²) in [6.45, 7) is 1.56. The molecule has 0 atom stereocenters. The minimum Gasteiger partial charge on any atom is -0.454 e. The highest BCUT2D eigenvalue weighted by molar-refractivity contribution is 6.25. The molecule has 8 heteroatoms. The third-order valence-corrected chi connectivity index (χ3v) is 5.81. The average molecular weight is 444 g/mol. The minimum absolute atomic E-state index is 0.0544. The van der Waals surface area contributed by atoms with Crippen LogP contribution in [-0.2, 0) is 4.79 Å². The monoisotopic (exact) mass is 444 g/mol. The topological polar surface area (TPSA) is 102 Å². The van der Waals surface area contributed by atoms with Crippen LogP contribution < -0.4 is 14.8 Å². The largest absolute Gasteiger partial charge is 0.454 e. The van der Waals surface area contributed by atoms with E-state index in [1.807, 2.05) is 12.1 Å². The molecule has 0 radical (unpaired) electrons. The zero-order chi connectivity index (χ0) is 23.1. The van der Waals surface area contributed by atoms with Crippen LogP contribution in [0.1, 0.15) is 50.8 Å². The van der Waals surface area contributed by atoms with Gasteiger partial charge in [0.2, 0.25) is 12.7 Å². The van der Waals surface area contributed by atoms with Gasteiger partial charge >= 0.3 is 0 Å². The van der Waals surface area contributed by atoms with Crippen molar-refractivity contribution in [3.05, 3.63) is 65.2 Å². The number of carbonyl (C=O) groups is 4. The predicted molar refractivity (Wildman–Crippen MR) is 120 cm³/mol. The van der Waals surface area contributed by atoms with Crippen LogP contribution >= 0.6 is 0 Å². The molecule has 3 aromatic carbocycles. The van der Waals surface area contributed by atoms with Gasteiger partial charge in [0.1, 0.15) is 0 Å². The van der Waals surface area contributed by atoms with Crippen molar-refractivity contribution in [2.45, 2.75) is 19.8 Å². The first-order chi connectivity index (χ1) is 15.9. The van der Waals surface area contributed by atoms with Crippen LogP contribution in [0.4, 0.5) is 5.69 Å². The summed E-state index contributed by atoms with van der Waals surface area (Å²) >= 11 is 0. The highest BCUT2D eigenvalue weighted by Gasteiger charge is 2.32. The second-order valence-electron chi connectivity index (χ2n) is 7.93. The Bertz CT molecular complexity index is 1300. The molecule has 3 amide bonds. The van der Waals surface area contributed by atoms with E-state index in [4.69, 9.17) is 9.47 Å². The normalized spacial score (nSPS) is 14.0. The lowest BCUT2D eigenvalue weighted by Crippen LogP contribution is -2.41. The Morgan fingerprint density at radius 3 is 2.24 bits per heavy atom. The van der Waals surface area contributed by atoms with Gasteiger partial charge in [-0.3, -0.25) is 24.1 Å². The Balaban J connectivity index is 1.27. The number of Topliss-reactive ketones (excluding diaryl/α,β-unsaturated/α-hetero) is 1. The van der Waals surface area contributed by atoms with Crippen molar-refractivity contribution in [2.24, 2.45) is 0 Å². The van der Waals surface area contributed by atoms with E-state index in [1.165, 1.54) is 11.8 Å². The number of nitrogens with zero attached hydrogens (tertiary/aromatic N) is 1. The molecule has 8 nitrogen and oxygen atoms in total. The number of hydrogen-bond acceptors (Lipinski definition) is 6. The van der Waals surface area contributed by atoms with E-state index in [0.717, 1.165) is 5.39 Å². The summed E-state index contributed by atoms with van der Waals surface area (Å²) in [5, 5.41) is 4.24. The number of nitrogens with one attached hydrogen (secondary N) is 1. The summed E-state index contributed by atoms with van der Waals surface area (Å²) in [6, 6.07) is 13.8. The standard InChI is InChI=1S/C25H20N2O6/c1-14(28)18-11-20-21(33-13-32-20)12-19(18)26-22(29)9-4-10-27-24(30)16-7-2-5-15-6-3-8-17(23(15)16)25(27)31/h2-3,5-8,11-12H,4,9-10,13H2,1H3,(H,26,29). The van der Waals surface area contributed by atoms with E-state index < -0.39 is 0 Å². The van der Waals surface area contributed by atoms with Gasteiger partial charge in [0, 0.05) is 41.1 Å². The summed E-state index contributed by atoms with van der Waals surface area (Å²) in [7, 11) is 0. The van der Waals surface area contributed by atoms with Gasteiger partial charge in [0.25, 0.3) is 11.8 Å². The van der Waals surface area contributed by atoms with Crippen LogP contribution in [0, 0.1) is 0 Å². The van der Waals surface area contributed by atoms with Gasteiger partial charge in [-0.1, -0.05) is 24.3 Å². The third-order valence-electron chi connectivity index (χ3n) is 5.81. The Hall–Kier alpha value is -4.20. The van der Waals surface area contributed by atoms with Gasteiger partial charge < -0.3 is 14.8 Å². The van der Waals surface area contributed by atoms with Gasteiger partial charge in [-0.05, 0) is 36.9 Å². The molecular formula is C25H20N2O6. The Kier molecular flexibility index (Phi) is 5.05. The van der Waals surface area contributed by atoms with E-state index in [0.29, 0.717) is 39.3 Å². The Morgan fingerprint density at radius 1 is 0.970 bits per heavy atom. The first-order valence-electron chi connectivity index (χ1n) is 10.6. The number of anilines is 1. The van der Waals surface area contributed by atoms with E-state index >= 15 is 0 Å². The first kappa shape index (κ1) is 20.7. The minimum atomic E-state index is -0.362. The fourth-order valence-corrected chi connectivity index (χ4v) is 4.23. The van der Waals surface area contributed by atoms with E-state index in [-0.39, 0.29) is 49.7 Å². The maximum Gasteiger partial charge on any atom is 0.261 e. The summed E-state index contributed by atoms with van der Waals surface area (Å²) in [4.78, 5) is 51.6. The number of fused-ring (bicyclic) bond motifs is 1. The molecule has 0 spiro atoms. The molecule has 166 valence electrons. The van der Waals surface area contributed by atoms with Crippen molar-refractivity contribution in [2.75, 3.05) is 18.7 Å². The van der Waals surface area contributed by atoms with Crippen molar-refractivity contribution in [1.29, 1.82) is 0 Å². The van der Waals surface area contributed by atoms with Gasteiger partial charge in [0.15, 0.2) is 17.3 Å². The lowest BCUT2D eigenvalue weighted by Gasteiger charge is -2.27. The molecule has 5 rings (SSSR count). The molecule has 33 heavy (non-hydrogen) atoms. The van der Waals surface area contributed by atoms with Gasteiger partial charge in [-0.25, -0.2) is 0 Å². The number of carbonyl (C=O) groups excluding carboxylic acids is 4. The van der Waals surface area contributed by atoms with E-state index in [9.17, 15) is 19.2 Å². The van der Waals surface area contributed by atoms with Crippen LogP contribution in [0.3, 0.4) is 0 Å².